The van der Waals surface area contributed by atoms with Gasteiger partial charge in [-0.25, -0.2) is 14.0 Å². The van der Waals surface area contributed by atoms with Crippen molar-refractivity contribution < 1.29 is 23.8 Å². The molecule has 1 heterocycles. The molecule has 1 aliphatic heterocycles. The minimum atomic E-state index is -1.32. The number of carbonyl (C=O) groups excluding carboxylic acids is 1. The molecule has 0 atom stereocenters. The molecule has 1 amide bonds. The monoisotopic (exact) mass is 295 g/mol. The van der Waals surface area contributed by atoms with Crippen molar-refractivity contribution in [1.29, 1.82) is 0 Å². The van der Waals surface area contributed by atoms with Gasteiger partial charge in [0.15, 0.2) is 0 Å². The first-order chi connectivity index (χ1) is 9.67. The molecule has 1 aromatic carbocycles. The number of halogens is 1. The summed E-state index contributed by atoms with van der Waals surface area (Å²) in [6.07, 6.45) is 0.0279. The van der Waals surface area contributed by atoms with Gasteiger partial charge in [0.2, 0.25) is 0 Å². The molecule has 0 aliphatic carbocycles. The predicted octanol–water partition coefficient (Wildman–Crippen LogP) is 2.82. The molecular formula is C15H18FNO4. The summed E-state index contributed by atoms with van der Waals surface area (Å²) in [5.41, 5.74) is 0.412. The largest absolute Gasteiger partial charge is 0.478 e. The molecule has 21 heavy (non-hydrogen) atoms. The summed E-state index contributed by atoms with van der Waals surface area (Å²) in [5.74, 6) is -2.06. The Labute approximate surface area is 122 Å². The highest BCUT2D eigenvalue weighted by Gasteiger charge is 2.27. The zero-order valence-corrected chi connectivity index (χ0v) is 12.3. The van der Waals surface area contributed by atoms with Crippen LogP contribution in [0.5, 0.6) is 0 Å². The Hall–Kier alpha value is -2.11. The van der Waals surface area contributed by atoms with Gasteiger partial charge in [0.25, 0.3) is 0 Å². The molecule has 1 N–H and O–H groups in total. The molecule has 1 aromatic rings. The fourth-order valence-electron chi connectivity index (χ4n) is 2.23. The molecule has 6 heteroatoms. The third-order valence-corrected chi connectivity index (χ3v) is 3.18. The third kappa shape index (κ3) is 3.51. The second kappa shape index (κ2) is 5.35. The van der Waals surface area contributed by atoms with Gasteiger partial charge in [-0.1, -0.05) is 0 Å². The highest BCUT2D eigenvalue weighted by molar-refractivity contribution is 5.88. The lowest BCUT2D eigenvalue weighted by molar-refractivity contribution is 0.0224. The molecule has 0 saturated carbocycles. The Bertz CT molecular complexity index is 592. The Morgan fingerprint density at radius 3 is 2.52 bits per heavy atom. The molecule has 1 aliphatic rings. The zero-order valence-electron chi connectivity index (χ0n) is 12.3. The fraction of sp³-hybridized carbons (Fsp3) is 0.467. The minimum absolute atomic E-state index is 0.227. The third-order valence-electron chi connectivity index (χ3n) is 3.18. The van der Waals surface area contributed by atoms with Crippen LogP contribution in [0.2, 0.25) is 0 Å². The van der Waals surface area contributed by atoms with Crippen molar-refractivity contribution in [3.63, 3.8) is 0 Å². The normalized spacial score (nSPS) is 14.6. The standard InChI is InChI=1S/C15H18FNO4/c1-15(2,3)21-14(20)17-5-4-9-7-12(16)11(13(18)19)6-10(9)8-17/h6-7H,4-5,8H2,1-3H3,(H,18,19). The van der Waals surface area contributed by atoms with Crippen LogP contribution in [0.3, 0.4) is 0 Å². The summed E-state index contributed by atoms with van der Waals surface area (Å²) in [5, 5.41) is 8.95. The lowest BCUT2D eigenvalue weighted by Gasteiger charge is -2.31. The maximum Gasteiger partial charge on any atom is 0.410 e. The first-order valence-electron chi connectivity index (χ1n) is 6.70. The number of carboxylic acids is 1. The van der Waals surface area contributed by atoms with Crippen LogP contribution in [-0.2, 0) is 17.7 Å². The fourth-order valence-corrected chi connectivity index (χ4v) is 2.23. The Balaban J connectivity index is 2.22. The van der Waals surface area contributed by atoms with E-state index in [1.807, 2.05) is 0 Å². The van der Waals surface area contributed by atoms with E-state index in [2.05, 4.69) is 0 Å². The highest BCUT2D eigenvalue weighted by Crippen LogP contribution is 2.24. The average molecular weight is 295 g/mol. The van der Waals surface area contributed by atoms with Crippen molar-refractivity contribution in [2.75, 3.05) is 6.54 Å². The summed E-state index contributed by atoms with van der Waals surface area (Å²) in [7, 11) is 0. The van der Waals surface area contributed by atoms with Gasteiger partial charge in [0.1, 0.15) is 11.4 Å². The van der Waals surface area contributed by atoms with E-state index in [1.165, 1.54) is 17.0 Å². The number of carbonyl (C=O) groups is 2. The van der Waals surface area contributed by atoms with Crippen LogP contribution in [0, 0.1) is 5.82 Å². The van der Waals surface area contributed by atoms with Crippen LogP contribution < -0.4 is 0 Å². The molecule has 0 aromatic heterocycles. The number of aromatic carboxylic acids is 1. The van der Waals surface area contributed by atoms with Crippen LogP contribution in [0.1, 0.15) is 42.3 Å². The van der Waals surface area contributed by atoms with E-state index in [0.29, 0.717) is 18.5 Å². The van der Waals surface area contributed by atoms with Crippen molar-refractivity contribution in [1.82, 2.24) is 4.90 Å². The average Bonchev–Trinajstić information content (AvgIpc) is 2.35. The predicted molar refractivity (Wildman–Crippen MR) is 73.7 cm³/mol. The highest BCUT2D eigenvalue weighted by atomic mass is 19.1. The number of benzene rings is 1. The number of nitrogens with zero attached hydrogens (tertiary/aromatic N) is 1. The van der Waals surface area contributed by atoms with Gasteiger partial charge in [-0.05, 0) is 50.5 Å². The first-order valence-corrected chi connectivity index (χ1v) is 6.70. The Morgan fingerprint density at radius 2 is 1.95 bits per heavy atom. The lowest BCUT2D eigenvalue weighted by Crippen LogP contribution is -2.40. The molecule has 2 rings (SSSR count). The van der Waals surface area contributed by atoms with Crippen molar-refractivity contribution in [3.05, 3.63) is 34.6 Å². The second-order valence-corrected chi connectivity index (χ2v) is 6.06. The van der Waals surface area contributed by atoms with E-state index in [0.717, 1.165) is 5.56 Å². The zero-order chi connectivity index (χ0) is 15.8. The van der Waals surface area contributed by atoms with Gasteiger partial charge in [-0.3, -0.25) is 0 Å². The van der Waals surface area contributed by atoms with E-state index in [4.69, 9.17) is 9.84 Å². The number of rotatable bonds is 1. The Kier molecular flexibility index (Phi) is 3.89. The molecule has 0 fully saturated rings. The minimum Gasteiger partial charge on any atom is -0.478 e. The van der Waals surface area contributed by atoms with E-state index in [1.54, 1.807) is 20.8 Å². The van der Waals surface area contributed by atoms with Crippen LogP contribution >= 0.6 is 0 Å². The topological polar surface area (TPSA) is 66.8 Å². The maximum absolute atomic E-state index is 13.6. The number of hydrogen-bond acceptors (Lipinski definition) is 3. The van der Waals surface area contributed by atoms with Crippen molar-refractivity contribution in [3.8, 4) is 0 Å². The molecule has 5 nitrogen and oxygen atoms in total. The molecule has 0 spiro atoms. The molecule has 114 valence electrons. The van der Waals surface area contributed by atoms with Crippen LogP contribution in [0.15, 0.2) is 12.1 Å². The van der Waals surface area contributed by atoms with E-state index < -0.39 is 23.5 Å². The molecule has 0 radical (unpaired) electrons. The number of hydrogen-bond donors (Lipinski definition) is 1. The number of amides is 1. The number of ether oxygens (including phenoxy) is 1. The summed E-state index contributed by atoms with van der Waals surface area (Å²) < 4.78 is 18.9. The lowest BCUT2D eigenvalue weighted by atomic mass is 9.97. The first kappa shape index (κ1) is 15.3. The number of fused-ring (bicyclic) bond motifs is 1. The molecular weight excluding hydrogens is 277 g/mol. The van der Waals surface area contributed by atoms with Crippen molar-refractivity contribution >= 4 is 12.1 Å². The second-order valence-electron chi connectivity index (χ2n) is 6.06. The van der Waals surface area contributed by atoms with Gasteiger partial charge in [-0.2, -0.15) is 0 Å². The van der Waals surface area contributed by atoms with Crippen LogP contribution in [-0.4, -0.2) is 34.2 Å². The van der Waals surface area contributed by atoms with E-state index >= 15 is 0 Å². The SMILES string of the molecule is CC(C)(C)OC(=O)N1CCc2cc(F)c(C(=O)O)cc2C1. The molecule has 0 unspecified atom stereocenters. The quantitative estimate of drug-likeness (QED) is 0.865. The Morgan fingerprint density at radius 1 is 1.29 bits per heavy atom. The molecule has 0 saturated heterocycles. The number of carboxylic acid groups (broad SMARTS) is 1. The summed E-state index contributed by atoms with van der Waals surface area (Å²) in [6, 6.07) is 2.54. The van der Waals surface area contributed by atoms with Gasteiger partial charge < -0.3 is 14.7 Å². The van der Waals surface area contributed by atoms with E-state index in [9.17, 15) is 14.0 Å². The van der Waals surface area contributed by atoms with Gasteiger partial charge in [0.05, 0.1) is 5.56 Å². The molecule has 0 bridgehead atoms. The summed E-state index contributed by atoms with van der Waals surface area (Å²) in [6.45, 7) is 5.99. The van der Waals surface area contributed by atoms with E-state index in [-0.39, 0.29) is 12.1 Å². The van der Waals surface area contributed by atoms with Crippen molar-refractivity contribution in [2.45, 2.75) is 39.3 Å². The van der Waals surface area contributed by atoms with Crippen LogP contribution in [0.25, 0.3) is 0 Å². The van der Waals surface area contributed by atoms with Gasteiger partial charge in [-0.15, -0.1) is 0 Å². The van der Waals surface area contributed by atoms with Crippen molar-refractivity contribution in [2.24, 2.45) is 0 Å². The van der Waals surface area contributed by atoms with Crippen LogP contribution in [0.4, 0.5) is 9.18 Å². The summed E-state index contributed by atoms with van der Waals surface area (Å²) in [4.78, 5) is 24.5. The summed E-state index contributed by atoms with van der Waals surface area (Å²) >= 11 is 0. The maximum atomic E-state index is 13.6. The van der Waals surface area contributed by atoms with Gasteiger partial charge >= 0.3 is 12.1 Å². The smallest absolute Gasteiger partial charge is 0.410 e. The van der Waals surface area contributed by atoms with Gasteiger partial charge in [0, 0.05) is 13.1 Å².